The summed E-state index contributed by atoms with van der Waals surface area (Å²) in [6.45, 7) is 3.10. The van der Waals surface area contributed by atoms with Gasteiger partial charge in [-0.3, -0.25) is 4.79 Å². The molecule has 4 heteroatoms. The molecule has 1 N–H and O–H groups in total. The highest BCUT2D eigenvalue weighted by atomic mass is 16.5. The van der Waals surface area contributed by atoms with Crippen molar-refractivity contribution in [2.24, 2.45) is 0 Å². The first-order valence-electron chi connectivity index (χ1n) is 5.05. The van der Waals surface area contributed by atoms with E-state index in [1.807, 2.05) is 0 Å². The van der Waals surface area contributed by atoms with E-state index in [4.69, 9.17) is 9.47 Å². The Hall–Kier alpha value is -1.55. The number of ketones is 1. The first-order valence-corrected chi connectivity index (χ1v) is 5.05. The average Bonchev–Trinajstić information content (AvgIpc) is 2.56. The van der Waals surface area contributed by atoms with Crippen LogP contribution in [-0.2, 0) is 0 Å². The minimum atomic E-state index is -1.21. The van der Waals surface area contributed by atoms with Gasteiger partial charge in [-0.15, -0.1) is 0 Å². The van der Waals surface area contributed by atoms with E-state index in [2.05, 4.69) is 0 Å². The number of para-hydroxylation sites is 1. The van der Waals surface area contributed by atoms with Crippen LogP contribution in [0.5, 0.6) is 11.5 Å². The molecule has 1 heterocycles. The molecule has 0 aromatic heterocycles. The molecule has 0 saturated heterocycles. The quantitative estimate of drug-likeness (QED) is 0.822. The third-order valence-electron chi connectivity index (χ3n) is 2.58. The number of methoxy groups -OCH3 is 1. The minimum Gasteiger partial charge on any atom is -0.493 e. The Kier molecular flexibility index (Phi) is 2.39. The van der Waals surface area contributed by atoms with Crippen molar-refractivity contribution in [2.45, 2.75) is 25.6 Å². The van der Waals surface area contributed by atoms with E-state index in [-0.39, 0.29) is 5.78 Å². The largest absolute Gasteiger partial charge is 0.493 e. The van der Waals surface area contributed by atoms with Gasteiger partial charge >= 0.3 is 0 Å². The highest BCUT2D eigenvalue weighted by Crippen LogP contribution is 2.39. The number of Topliss-reactive ketones (excluding diaryl/α,β-unsaturated/α-hetero) is 1. The van der Waals surface area contributed by atoms with Gasteiger partial charge in [0.25, 0.3) is 0 Å². The van der Waals surface area contributed by atoms with E-state index >= 15 is 0 Å². The lowest BCUT2D eigenvalue weighted by molar-refractivity contribution is -0.0144. The summed E-state index contributed by atoms with van der Waals surface area (Å²) >= 11 is 0. The fourth-order valence-electron chi connectivity index (χ4n) is 1.77. The van der Waals surface area contributed by atoms with E-state index in [1.165, 1.54) is 7.11 Å². The van der Waals surface area contributed by atoms with Gasteiger partial charge in [-0.2, -0.15) is 0 Å². The maximum absolute atomic E-state index is 12.0. The molecule has 1 aliphatic rings. The van der Waals surface area contributed by atoms with Gasteiger partial charge in [0.05, 0.1) is 12.7 Å². The van der Waals surface area contributed by atoms with Crippen LogP contribution < -0.4 is 9.47 Å². The van der Waals surface area contributed by atoms with Crippen LogP contribution in [0.4, 0.5) is 0 Å². The molecule has 1 aromatic carbocycles. The molecular weight excluding hydrogens is 208 g/mol. The summed E-state index contributed by atoms with van der Waals surface area (Å²) in [7, 11) is 1.51. The normalized spacial score (nSPS) is 19.2. The first kappa shape index (κ1) is 11.0. The fourth-order valence-corrected chi connectivity index (χ4v) is 1.77. The first-order chi connectivity index (χ1) is 7.45. The number of hydrogen-bond donors (Lipinski definition) is 1. The Labute approximate surface area is 93.8 Å². The zero-order valence-electron chi connectivity index (χ0n) is 9.48. The summed E-state index contributed by atoms with van der Waals surface area (Å²) in [6, 6.07) is 5.12. The molecule has 86 valence electrons. The van der Waals surface area contributed by atoms with Gasteiger partial charge in [0.2, 0.25) is 5.78 Å². The molecule has 1 aromatic rings. The predicted molar refractivity (Wildman–Crippen MR) is 58.0 cm³/mol. The van der Waals surface area contributed by atoms with E-state index in [0.29, 0.717) is 17.1 Å². The maximum atomic E-state index is 12.0. The molecule has 1 aliphatic heterocycles. The standard InChI is InChI=1S/C12H14O4/c1-12(2,14)11-9(13)7-5-4-6-8(15-3)10(7)16-11/h4-6,11,14H,1-3H3. The van der Waals surface area contributed by atoms with Crippen LogP contribution in [0.3, 0.4) is 0 Å². The van der Waals surface area contributed by atoms with Crippen molar-refractivity contribution in [3.63, 3.8) is 0 Å². The second kappa shape index (κ2) is 3.49. The number of aliphatic hydroxyl groups is 1. The predicted octanol–water partition coefficient (Wildman–Crippen LogP) is 1.41. The minimum absolute atomic E-state index is 0.207. The molecule has 1 atom stereocenters. The molecular formula is C12H14O4. The van der Waals surface area contributed by atoms with Crippen molar-refractivity contribution >= 4 is 5.78 Å². The van der Waals surface area contributed by atoms with Crippen LogP contribution in [0.2, 0.25) is 0 Å². The zero-order valence-corrected chi connectivity index (χ0v) is 9.48. The van der Waals surface area contributed by atoms with Crippen LogP contribution in [0.25, 0.3) is 0 Å². The van der Waals surface area contributed by atoms with Crippen molar-refractivity contribution in [2.75, 3.05) is 7.11 Å². The lowest BCUT2D eigenvalue weighted by atomic mass is 9.96. The summed E-state index contributed by atoms with van der Waals surface area (Å²) in [6.07, 6.45) is -0.862. The van der Waals surface area contributed by atoms with E-state index in [1.54, 1.807) is 32.0 Å². The number of ether oxygens (including phenoxy) is 2. The van der Waals surface area contributed by atoms with Crippen LogP contribution in [-0.4, -0.2) is 29.7 Å². The fraction of sp³-hybridized carbons (Fsp3) is 0.417. The van der Waals surface area contributed by atoms with Crippen molar-refractivity contribution in [1.82, 2.24) is 0 Å². The Morgan fingerprint density at radius 3 is 2.69 bits per heavy atom. The third kappa shape index (κ3) is 1.55. The summed E-state index contributed by atoms with van der Waals surface area (Å²) < 4.78 is 10.6. The number of carbonyl (C=O) groups excluding carboxylic acids is 1. The Bertz CT molecular complexity index is 431. The van der Waals surface area contributed by atoms with Crippen molar-refractivity contribution in [3.05, 3.63) is 23.8 Å². The molecule has 0 saturated carbocycles. The number of hydrogen-bond acceptors (Lipinski definition) is 4. The number of rotatable bonds is 2. The second-order valence-electron chi connectivity index (χ2n) is 4.35. The lowest BCUT2D eigenvalue weighted by Crippen LogP contribution is -2.43. The van der Waals surface area contributed by atoms with Gasteiger partial charge in [0, 0.05) is 0 Å². The van der Waals surface area contributed by atoms with Crippen molar-refractivity contribution in [3.8, 4) is 11.5 Å². The van der Waals surface area contributed by atoms with Crippen LogP contribution in [0.1, 0.15) is 24.2 Å². The summed E-state index contributed by atoms with van der Waals surface area (Å²) in [5, 5.41) is 9.84. The van der Waals surface area contributed by atoms with E-state index < -0.39 is 11.7 Å². The molecule has 0 aliphatic carbocycles. The van der Waals surface area contributed by atoms with Gasteiger partial charge in [-0.1, -0.05) is 6.07 Å². The van der Waals surface area contributed by atoms with E-state index in [9.17, 15) is 9.90 Å². The Morgan fingerprint density at radius 2 is 2.12 bits per heavy atom. The van der Waals surface area contributed by atoms with Gasteiger partial charge in [0.1, 0.15) is 5.60 Å². The molecule has 4 nitrogen and oxygen atoms in total. The van der Waals surface area contributed by atoms with Gasteiger partial charge in [0.15, 0.2) is 17.6 Å². The average molecular weight is 222 g/mol. The molecule has 1 unspecified atom stereocenters. The zero-order chi connectivity index (χ0) is 11.9. The van der Waals surface area contributed by atoms with Crippen LogP contribution in [0, 0.1) is 0 Å². The summed E-state index contributed by atoms with van der Waals surface area (Å²) in [4.78, 5) is 12.0. The van der Waals surface area contributed by atoms with Crippen LogP contribution >= 0.6 is 0 Å². The van der Waals surface area contributed by atoms with Crippen LogP contribution in [0.15, 0.2) is 18.2 Å². The Balaban J connectivity index is 2.46. The summed E-state index contributed by atoms with van der Waals surface area (Å²) in [5.41, 5.74) is -0.743. The monoisotopic (exact) mass is 222 g/mol. The highest BCUT2D eigenvalue weighted by Gasteiger charge is 2.43. The molecule has 0 radical (unpaired) electrons. The molecule has 0 bridgehead atoms. The summed E-state index contributed by atoms with van der Waals surface area (Å²) in [5.74, 6) is 0.723. The lowest BCUT2D eigenvalue weighted by Gasteiger charge is -2.23. The smallest absolute Gasteiger partial charge is 0.210 e. The number of fused-ring (bicyclic) bond motifs is 1. The highest BCUT2D eigenvalue weighted by molar-refractivity contribution is 6.06. The molecule has 0 amide bonds. The van der Waals surface area contributed by atoms with Gasteiger partial charge in [-0.05, 0) is 26.0 Å². The molecule has 0 fully saturated rings. The molecule has 2 rings (SSSR count). The van der Waals surface area contributed by atoms with Gasteiger partial charge < -0.3 is 14.6 Å². The van der Waals surface area contributed by atoms with Gasteiger partial charge in [-0.25, -0.2) is 0 Å². The number of carbonyl (C=O) groups is 1. The molecule has 0 spiro atoms. The SMILES string of the molecule is COc1cccc2c1OC(C(C)(C)O)C2=O. The second-order valence-corrected chi connectivity index (χ2v) is 4.35. The number of benzene rings is 1. The van der Waals surface area contributed by atoms with Crippen molar-refractivity contribution < 1.29 is 19.4 Å². The Morgan fingerprint density at radius 1 is 1.44 bits per heavy atom. The van der Waals surface area contributed by atoms with Crippen molar-refractivity contribution in [1.29, 1.82) is 0 Å². The maximum Gasteiger partial charge on any atom is 0.210 e. The van der Waals surface area contributed by atoms with E-state index in [0.717, 1.165) is 0 Å². The molecule has 16 heavy (non-hydrogen) atoms. The topological polar surface area (TPSA) is 55.8 Å². The third-order valence-corrected chi connectivity index (χ3v) is 2.58.